The third kappa shape index (κ3) is 3.67. The van der Waals surface area contributed by atoms with Crippen LogP contribution in [0.2, 0.25) is 0 Å². The SMILES string of the molecule is O=c1ccn(NC[C@H](O)[C@H](O)[C@H](O)CO)c(=O)[nH]1. The van der Waals surface area contributed by atoms with E-state index in [4.69, 9.17) is 10.2 Å². The van der Waals surface area contributed by atoms with Gasteiger partial charge in [0.2, 0.25) is 0 Å². The minimum Gasteiger partial charge on any atom is -0.394 e. The Morgan fingerprint density at radius 2 is 1.94 bits per heavy atom. The number of aliphatic hydroxyl groups excluding tert-OH is 4. The van der Waals surface area contributed by atoms with Crippen molar-refractivity contribution in [2.45, 2.75) is 18.3 Å². The molecule has 0 fully saturated rings. The van der Waals surface area contributed by atoms with Crippen molar-refractivity contribution >= 4 is 0 Å². The highest BCUT2D eigenvalue weighted by Crippen LogP contribution is 1.98. The molecule has 0 bridgehead atoms. The van der Waals surface area contributed by atoms with Crippen molar-refractivity contribution in [3.8, 4) is 0 Å². The second-order valence-electron chi connectivity index (χ2n) is 3.65. The first kappa shape index (κ1) is 14.4. The minimum atomic E-state index is -1.55. The van der Waals surface area contributed by atoms with Gasteiger partial charge in [-0.1, -0.05) is 0 Å². The summed E-state index contributed by atoms with van der Waals surface area (Å²) < 4.78 is 0.905. The number of aromatic nitrogens is 2. The predicted molar refractivity (Wildman–Crippen MR) is 60.7 cm³/mol. The summed E-state index contributed by atoms with van der Waals surface area (Å²) in [5.41, 5.74) is 1.14. The third-order valence-electron chi connectivity index (χ3n) is 2.27. The van der Waals surface area contributed by atoms with Gasteiger partial charge in [-0.05, 0) is 0 Å². The van der Waals surface area contributed by atoms with Crippen LogP contribution in [-0.2, 0) is 0 Å². The highest BCUT2D eigenvalue weighted by atomic mass is 16.4. The van der Waals surface area contributed by atoms with Gasteiger partial charge in [0.15, 0.2) is 0 Å². The molecular weight excluding hydrogens is 246 g/mol. The Hall–Kier alpha value is -1.68. The fourth-order valence-electron chi connectivity index (χ4n) is 1.22. The molecule has 1 heterocycles. The van der Waals surface area contributed by atoms with Crippen LogP contribution in [0, 0.1) is 0 Å². The molecule has 102 valence electrons. The highest BCUT2D eigenvalue weighted by molar-refractivity contribution is 4.88. The van der Waals surface area contributed by atoms with Crippen LogP contribution < -0.4 is 16.7 Å². The van der Waals surface area contributed by atoms with Crippen molar-refractivity contribution in [3.63, 3.8) is 0 Å². The molecule has 0 aliphatic rings. The lowest BCUT2D eigenvalue weighted by molar-refractivity contribution is -0.0721. The molecular formula is C9H15N3O6. The van der Waals surface area contributed by atoms with Gasteiger partial charge >= 0.3 is 5.69 Å². The molecule has 0 unspecified atom stereocenters. The largest absolute Gasteiger partial charge is 0.394 e. The van der Waals surface area contributed by atoms with Crippen LogP contribution in [0.5, 0.6) is 0 Å². The average Bonchev–Trinajstić information content (AvgIpc) is 2.35. The molecule has 9 nitrogen and oxygen atoms in total. The van der Waals surface area contributed by atoms with E-state index in [1.54, 1.807) is 0 Å². The zero-order chi connectivity index (χ0) is 13.7. The molecule has 18 heavy (non-hydrogen) atoms. The quantitative estimate of drug-likeness (QED) is 0.307. The first-order chi connectivity index (χ1) is 8.45. The number of H-pyrrole nitrogens is 1. The second-order valence-corrected chi connectivity index (χ2v) is 3.65. The average molecular weight is 261 g/mol. The van der Waals surface area contributed by atoms with Crippen molar-refractivity contribution in [1.29, 1.82) is 0 Å². The molecule has 9 heteroatoms. The fourth-order valence-corrected chi connectivity index (χ4v) is 1.22. The van der Waals surface area contributed by atoms with Crippen LogP contribution in [0.4, 0.5) is 0 Å². The van der Waals surface area contributed by atoms with E-state index in [0.29, 0.717) is 0 Å². The molecule has 0 saturated carbocycles. The van der Waals surface area contributed by atoms with Crippen molar-refractivity contribution in [3.05, 3.63) is 33.1 Å². The molecule has 0 amide bonds. The van der Waals surface area contributed by atoms with Crippen molar-refractivity contribution in [2.75, 3.05) is 18.6 Å². The summed E-state index contributed by atoms with van der Waals surface area (Å²) in [6, 6.07) is 1.10. The number of nitrogens with one attached hydrogen (secondary N) is 2. The van der Waals surface area contributed by atoms with E-state index < -0.39 is 36.2 Å². The fraction of sp³-hybridized carbons (Fsp3) is 0.556. The predicted octanol–water partition coefficient (Wildman–Crippen LogP) is -3.84. The van der Waals surface area contributed by atoms with Gasteiger partial charge in [-0.25, -0.2) is 9.47 Å². The summed E-state index contributed by atoms with van der Waals surface area (Å²) in [5, 5.41) is 36.4. The maximum atomic E-state index is 11.2. The van der Waals surface area contributed by atoms with Gasteiger partial charge < -0.3 is 25.9 Å². The van der Waals surface area contributed by atoms with E-state index in [9.17, 15) is 19.8 Å². The van der Waals surface area contributed by atoms with E-state index in [-0.39, 0.29) is 6.54 Å². The Balaban J connectivity index is 2.60. The van der Waals surface area contributed by atoms with Crippen LogP contribution in [-0.4, -0.2) is 61.5 Å². The normalized spacial score (nSPS) is 16.0. The van der Waals surface area contributed by atoms with Gasteiger partial charge in [0, 0.05) is 12.3 Å². The lowest BCUT2D eigenvalue weighted by Gasteiger charge is -2.22. The first-order valence-electron chi connectivity index (χ1n) is 5.16. The van der Waals surface area contributed by atoms with Crippen LogP contribution in [0.25, 0.3) is 0 Å². The summed E-state index contributed by atoms with van der Waals surface area (Å²) in [5.74, 6) is 0. The standard InChI is InChI=1S/C9H15N3O6/c13-4-6(15)8(17)5(14)3-10-12-2-1-7(16)11-9(12)18/h1-2,5-6,8,10,13-15,17H,3-4H2,(H,11,16,18)/t5-,6+,8-/m0/s1. The molecule has 3 atom stereocenters. The van der Waals surface area contributed by atoms with Gasteiger partial charge in [0.25, 0.3) is 5.56 Å². The number of aliphatic hydroxyl groups is 4. The summed E-state index contributed by atoms with van der Waals surface area (Å²) >= 11 is 0. The maximum Gasteiger partial charge on any atom is 0.346 e. The molecule has 0 spiro atoms. The number of hydrogen-bond acceptors (Lipinski definition) is 7. The summed E-state index contributed by atoms with van der Waals surface area (Å²) in [6.45, 7) is -0.957. The molecule has 1 aromatic heterocycles. The van der Waals surface area contributed by atoms with Gasteiger partial charge in [-0.3, -0.25) is 9.78 Å². The van der Waals surface area contributed by atoms with Crippen molar-refractivity contribution < 1.29 is 20.4 Å². The van der Waals surface area contributed by atoms with Gasteiger partial charge in [-0.2, -0.15) is 0 Å². The van der Waals surface area contributed by atoms with E-state index >= 15 is 0 Å². The van der Waals surface area contributed by atoms with Gasteiger partial charge in [-0.15, -0.1) is 0 Å². The van der Waals surface area contributed by atoms with Crippen LogP contribution in [0.1, 0.15) is 0 Å². The zero-order valence-electron chi connectivity index (χ0n) is 9.35. The third-order valence-corrected chi connectivity index (χ3v) is 2.27. The van der Waals surface area contributed by atoms with E-state index in [1.165, 1.54) is 0 Å². The Morgan fingerprint density at radius 3 is 2.50 bits per heavy atom. The topological polar surface area (TPSA) is 148 Å². The van der Waals surface area contributed by atoms with Gasteiger partial charge in [0.05, 0.1) is 13.2 Å². The molecule has 0 aromatic carbocycles. The Bertz CT molecular complexity index is 484. The Morgan fingerprint density at radius 1 is 1.28 bits per heavy atom. The lowest BCUT2D eigenvalue weighted by atomic mass is 10.1. The van der Waals surface area contributed by atoms with E-state index in [0.717, 1.165) is 16.9 Å². The van der Waals surface area contributed by atoms with Crippen molar-refractivity contribution in [1.82, 2.24) is 9.66 Å². The number of aromatic amines is 1. The van der Waals surface area contributed by atoms with Crippen LogP contribution in [0.3, 0.4) is 0 Å². The molecule has 1 aromatic rings. The minimum absolute atomic E-state index is 0.260. The number of nitrogens with zero attached hydrogens (tertiary/aromatic N) is 1. The second kappa shape index (κ2) is 6.31. The zero-order valence-corrected chi connectivity index (χ0v) is 9.35. The van der Waals surface area contributed by atoms with Crippen LogP contribution >= 0.6 is 0 Å². The smallest absolute Gasteiger partial charge is 0.346 e. The molecule has 0 aliphatic heterocycles. The Kier molecular flexibility index (Phi) is 5.04. The van der Waals surface area contributed by atoms with E-state index in [1.807, 2.05) is 4.98 Å². The Labute approximate surface area is 101 Å². The number of hydrogen-bond donors (Lipinski definition) is 6. The monoisotopic (exact) mass is 261 g/mol. The molecule has 0 aliphatic carbocycles. The molecule has 0 radical (unpaired) electrons. The van der Waals surface area contributed by atoms with Crippen LogP contribution in [0.15, 0.2) is 21.9 Å². The summed E-state index contributed by atoms with van der Waals surface area (Å²) in [4.78, 5) is 24.0. The van der Waals surface area contributed by atoms with Crippen molar-refractivity contribution in [2.24, 2.45) is 0 Å². The number of rotatable bonds is 6. The highest BCUT2D eigenvalue weighted by Gasteiger charge is 2.23. The lowest BCUT2D eigenvalue weighted by Crippen LogP contribution is -2.45. The first-order valence-corrected chi connectivity index (χ1v) is 5.16. The summed E-state index contributed by atoms with van der Waals surface area (Å²) in [6.07, 6.45) is -3.27. The molecule has 1 rings (SSSR count). The molecule has 6 N–H and O–H groups in total. The summed E-state index contributed by atoms with van der Waals surface area (Å²) in [7, 11) is 0. The maximum absolute atomic E-state index is 11.2. The molecule has 0 saturated heterocycles. The van der Waals surface area contributed by atoms with Gasteiger partial charge in [0.1, 0.15) is 18.3 Å². The van der Waals surface area contributed by atoms with E-state index in [2.05, 4.69) is 5.43 Å².